The number of carbonyl (C=O) groups is 2. The molecule has 1 saturated heterocycles. The molecule has 98 heavy (non-hydrogen) atoms. The lowest BCUT2D eigenvalue weighted by Crippen LogP contribution is -2.60. The molecule has 574 valence electrons. The lowest BCUT2D eigenvalue weighted by Gasteiger charge is -2.40. The Hall–Kier alpha value is -2.64. The van der Waals surface area contributed by atoms with Crippen LogP contribution in [0.3, 0.4) is 0 Å². The van der Waals surface area contributed by atoms with Gasteiger partial charge in [0.15, 0.2) is 6.29 Å². The Morgan fingerprint density at radius 3 is 1.08 bits per heavy atom. The zero-order valence-corrected chi connectivity index (χ0v) is 64.3. The van der Waals surface area contributed by atoms with Gasteiger partial charge in [-0.05, 0) is 89.9 Å². The van der Waals surface area contributed by atoms with Gasteiger partial charge in [-0.3, -0.25) is 9.59 Å². The Morgan fingerprint density at radius 1 is 0.378 bits per heavy atom. The van der Waals surface area contributed by atoms with Crippen molar-refractivity contribution in [1.82, 2.24) is 5.32 Å². The fraction of sp³-hybridized carbons (Fsp3) is 0.862. The van der Waals surface area contributed by atoms with Crippen molar-refractivity contribution in [2.24, 2.45) is 0 Å². The second-order valence-corrected chi connectivity index (χ2v) is 29.5. The molecular formula is C87H161NO10. The van der Waals surface area contributed by atoms with E-state index in [9.17, 15) is 35.1 Å². The van der Waals surface area contributed by atoms with Crippen molar-refractivity contribution >= 4 is 11.9 Å². The molecular weight excluding hydrogens is 1220 g/mol. The van der Waals surface area contributed by atoms with Crippen molar-refractivity contribution in [2.45, 2.75) is 461 Å². The Balaban J connectivity index is 1.90. The van der Waals surface area contributed by atoms with Crippen LogP contribution in [0.15, 0.2) is 60.8 Å². The fourth-order valence-electron chi connectivity index (χ4n) is 13.4. The highest BCUT2D eigenvalue weighted by Gasteiger charge is 2.44. The highest BCUT2D eigenvalue weighted by molar-refractivity contribution is 5.76. The van der Waals surface area contributed by atoms with Gasteiger partial charge in [0.25, 0.3) is 0 Å². The van der Waals surface area contributed by atoms with E-state index >= 15 is 0 Å². The monoisotopic (exact) mass is 1380 g/mol. The van der Waals surface area contributed by atoms with Crippen molar-refractivity contribution < 1.29 is 49.3 Å². The quantitative estimate of drug-likeness (QED) is 0.0195. The molecule has 1 heterocycles. The van der Waals surface area contributed by atoms with Crippen molar-refractivity contribution in [1.29, 1.82) is 0 Å². The Morgan fingerprint density at radius 2 is 0.694 bits per heavy atom. The number of hydrogen-bond acceptors (Lipinski definition) is 10. The van der Waals surface area contributed by atoms with E-state index in [-0.39, 0.29) is 18.5 Å². The van der Waals surface area contributed by atoms with Gasteiger partial charge in [-0.15, -0.1) is 0 Å². The summed E-state index contributed by atoms with van der Waals surface area (Å²) in [5.41, 5.74) is 0. The maximum absolute atomic E-state index is 13.1. The molecule has 0 aromatic rings. The standard InChI is InChI=1S/C87H161NO10/c1-3-5-7-9-11-13-15-17-19-43-47-51-55-59-63-67-71-75-83(92)96-76-72-68-64-60-56-52-48-45-42-40-38-36-34-32-30-28-26-24-22-20-21-23-25-27-29-31-33-35-37-39-41-44-46-50-54-58-62-66-70-74-82(91)88-79(78-97-87-86(95)85(94)84(93)81(77-89)98-87)80(90)73-69-65-61-57-53-49-18-16-14-12-10-8-6-4-2/h14,16,20-21,24,26,53,57,69,73,79-81,84-87,89-90,93-95H,3-13,15,17-19,22-23,25,27-52,54-56,58-68,70-72,74-78H2,1-2H3,(H,88,91)/b16-14+,21-20-,26-24-,57-53+,73-69+. The largest absolute Gasteiger partial charge is 0.466 e. The molecule has 0 aliphatic carbocycles. The summed E-state index contributed by atoms with van der Waals surface area (Å²) in [6, 6.07) is -0.834. The SMILES string of the molecule is CCCCCC/C=C/CC/C=C/CC/C=C/C(O)C(COC1OC(CO)C(O)C(O)C1O)NC(=O)CCCCCCCCCCCCCCCCCCC/C=C\C/C=C\CCCCCCCCCCCCCCCCCOC(=O)CCCCCCCCCCCCCCCCCCC. The number of aliphatic hydroxyl groups is 5. The normalized spacial score (nSPS) is 17.5. The Labute approximate surface area is 605 Å². The lowest BCUT2D eigenvalue weighted by molar-refractivity contribution is -0.302. The molecule has 1 rings (SSSR count). The molecule has 1 amide bonds. The topological polar surface area (TPSA) is 175 Å². The van der Waals surface area contributed by atoms with Crippen LogP contribution < -0.4 is 5.32 Å². The summed E-state index contributed by atoms with van der Waals surface area (Å²) < 4.78 is 16.8. The predicted octanol–water partition coefficient (Wildman–Crippen LogP) is 23.6. The van der Waals surface area contributed by atoms with Crippen molar-refractivity contribution in [3.05, 3.63) is 60.8 Å². The summed E-state index contributed by atoms with van der Waals surface area (Å²) >= 11 is 0. The number of esters is 1. The third-order valence-corrected chi connectivity index (χ3v) is 20.1. The number of aliphatic hydroxyl groups excluding tert-OH is 5. The molecule has 6 N–H and O–H groups in total. The third-order valence-electron chi connectivity index (χ3n) is 20.1. The molecule has 1 fully saturated rings. The zero-order valence-electron chi connectivity index (χ0n) is 64.3. The molecule has 0 radical (unpaired) electrons. The van der Waals surface area contributed by atoms with Crippen LogP contribution in [-0.4, -0.2) is 100 Å². The fourth-order valence-corrected chi connectivity index (χ4v) is 13.4. The zero-order chi connectivity index (χ0) is 70.8. The minimum atomic E-state index is -1.58. The Bertz CT molecular complexity index is 1820. The van der Waals surface area contributed by atoms with Gasteiger partial charge in [0, 0.05) is 12.8 Å². The summed E-state index contributed by atoms with van der Waals surface area (Å²) in [5.74, 6) is -0.173. The second-order valence-electron chi connectivity index (χ2n) is 29.5. The summed E-state index contributed by atoms with van der Waals surface area (Å²) in [6.45, 7) is 4.36. The molecule has 1 aliphatic heterocycles. The van der Waals surface area contributed by atoms with E-state index < -0.39 is 49.5 Å². The van der Waals surface area contributed by atoms with Crippen LogP contribution in [0.25, 0.3) is 0 Å². The first-order valence-corrected chi connectivity index (χ1v) is 42.6. The first-order valence-electron chi connectivity index (χ1n) is 42.6. The summed E-state index contributed by atoms with van der Waals surface area (Å²) in [6.07, 6.45) is 92.7. The molecule has 11 heteroatoms. The van der Waals surface area contributed by atoms with Crippen LogP contribution in [0.2, 0.25) is 0 Å². The average Bonchev–Trinajstić information content (AvgIpc) is 0.823. The van der Waals surface area contributed by atoms with Crippen molar-refractivity contribution in [2.75, 3.05) is 19.8 Å². The number of rotatable bonds is 76. The van der Waals surface area contributed by atoms with E-state index in [1.165, 1.54) is 321 Å². The number of unbranched alkanes of at least 4 members (excludes halogenated alkanes) is 54. The number of hydrogen-bond donors (Lipinski definition) is 6. The van der Waals surface area contributed by atoms with Gasteiger partial charge >= 0.3 is 5.97 Å². The smallest absolute Gasteiger partial charge is 0.305 e. The first-order chi connectivity index (χ1) is 48.2. The van der Waals surface area contributed by atoms with Crippen molar-refractivity contribution in [3.8, 4) is 0 Å². The molecule has 7 atom stereocenters. The minimum absolute atomic E-state index is 0.0188. The Kier molecular flexibility index (Phi) is 71.9. The number of ether oxygens (including phenoxy) is 3. The van der Waals surface area contributed by atoms with Crippen molar-refractivity contribution in [3.63, 3.8) is 0 Å². The van der Waals surface area contributed by atoms with E-state index in [0.717, 1.165) is 70.6 Å². The van der Waals surface area contributed by atoms with Gasteiger partial charge in [-0.1, -0.05) is 376 Å². The van der Waals surface area contributed by atoms with E-state index in [4.69, 9.17) is 14.2 Å². The summed E-state index contributed by atoms with van der Waals surface area (Å²) in [4.78, 5) is 25.2. The maximum Gasteiger partial charge on any atom is 0.305 e. The third kappa shape index (κ3) is 63.1. The maximum atomic E-state index is 13.1. The van der Waals surface area contributed by atoms with Crippen LogP contribution in [0.5, 0.6) is 0 Å². The summed E-state index contributed by atoms with van der Waals surface area (Å²) in [5, 5.41) is 54.6. The molecule has 1 aliphatic rings. The predicted molar refractivity (Wildman–Crippen MR) is 417 cm³/mol. The highest BCUT2D eigenvalue weighted by atomic mass is 16.7. The molecule has 0 aromatic heterocycles. The first kappa shape index (κ1) is 93.4. The molecule has 0 aromatic carbocycles. The molecule has 0 spiro atoms. The van der Waals surface area contributed by atoms with Gasteiger partial charge in [-0.25, -0.2) is 0 Å². The van der Waals surface area contributed by atoms with Gasteiger partial charge < -0.3 is 45.1 Å². The number of carbonyl (C=O) groups excluding carboxylic acids is 2. The van der Waals surface area contributed by atoms with Crippen LogP contribution in [0.4, 0.5) is 0 Å². The molecule has 0 saturated carbocycles. The van der Waals surface area contributed by atoms with Crippen LogP contribution >= 0.6 is 0 Å². The van der Waals surface area contributed by atoms with Gasteiger partial charge in [0.2, 0.25) is 5.91 Å². The summed E-state index contributed by atoms with van der Waals surface area (Å²) in [7, 11) is 0. The van der Waals surface area contributed by atoms with Crippen LogP contribution in [-0.2, 0) is 23.8 Å². The van der Waals surface area contributed by atoms with Crippen LogP contribution in [0, 0.1) is 0 Å². The van der Waals surface area contributed by atoms with Gasteiger partial charge in [0.1, 0.15) is 24.4 Å². The molecule has 7 unspecified atom stereocenters. The minimum Gasteiger partial charge on any atom is -0.466 e. The van der Waals surface area contributed by atoms with Gasteiger partial charge in [0.05, 0.1) is 32.0 Å². The highest BCUT2D eigenvalue weighted by Crippen LogP contribution is 2.24. The van der Waals surface area contributed by atoms with E-state index in [1.807, 2.05) is 6.08 Å². The van der Waals surface area contributed by atoms with E-state index in [1.54, 1.807) is 6.08 Å². The second kappa shape index (κ2) is 75.5. The molecule has 11 nitrogen and oxygen atoms in total. The number of allylic oxidation sites excluding steroid dienone is 9. The number of nitrogens with one attached hydrogen (secondary N) is 1. The van der Waals surface area contributed by atoms with E-state index in [2.05, 4.69) is 67.8 Å². The molecule has 0 bridgehead atoms. The van der Waals surface area contributed by atoms with Crippen LogP contribution in [0.1, 0.15) is 418 Å². The van der Waals surface area contributed by atoms with E-state index in [0.29, 0.717) is 19.4 Å². The number of amides is 1. The lowest BCUT2D eigenvalue weighted by atomic mass is 9.99. The van der Waals surface area contributed by atoms with Gasteiger partial charge in [-0.2, -0.15) is 0 Å². The average molecular weight is 1380 g/mol.